The van der Waals surface area contributed by atoms with Crippen LogP contribution in [0.1, 0.15) is 38.3 Å². The molecule has 0 aliphatic heterocycles. The predicted octanol–water partition coefficient (Wildman–Crippen LogP) is 2.21. The summed E-state index contributed by atoms with van der Waals surface area (Å²) < 4.78 is 0. The third-order valence-electron chi connectivity index (χ3n) is 3.59. The van der Waals surface area contributed by atoms with Crippen LogP contribution in [0.3, 0.4) is 0 Å². The van der Waals surface area contributed by atoms with Gasteiger partial charge in [0.25, 0.3) is 0 Å². The molecule has 0 spiro atoms. The van der Waals surface area contributed by atoms with Gasteiger partial charge in [-0.15, -0.1) is 5.10 Å². The summed E-state index contributed by atoms with van der Waals surface area (Å²) in [7, 11) is 2.11. The van der Waals surface area contributed by atoms with Crippen molar-refractivity contribution in [1.82, 2.24) is 15.5 Å². The van der Waals surface area contributed by atoms with Crippen LogP contribution in [0.15, 0.2) is 12.1 Å². The first-order chi connectivity index (χ1) is 8.79. The minimum atomic E-state index is 0.813. The van der Waals surface area contributed by atoms with E-state index in [1.54, 1.807) is 0 Å². The minimum Gasteiger partial charge on any atom is -0.358 e. The molecule has 1 N–H and O–H groups in total. The Balaban J connectivity index is 1.81. The number of nitrogens with zero attached hydrogens (tertiary/aromatic N) is 3. The van der Waals surface area contributed by atoms with Crippen molar-refractivity contribution >= 4 is 5.82 Å². The predicted molar refractivity (Wildman–Crippen MR) is 74.6 cm³/mol. The van der Waals surface area contributed by atoms with Crippen molar-refractivity contribution < 1.29 is 0 Å². The number of rotatable bonds is 7. The van der Waals surface area contributed by atoms with Crippen LogP contribution >= 0.6 is 0 Å². The largest absolute Gasteiger partial charge is 0.358 e. The Kier molecular flexibility index (Phi) is 4.93. The summed E-state index contributed by atoms with van der Waals surface area (Å²) in [5.41, 5.74) is 1.02. The summed E-state index contributed by atoms with van der Waals surface area (Å²) in [4.78, 5) is 2.22. The first-order valence-corrected chi connectivity index (χ1v) is 7.04. The van der Waals surface area contributed by atoms with Crippen molar-refractivity contribution in [2.24, 2.45) is 5.92 Å². The average Bonchev–Trinajstić information content (AvgIpc) is 2.35. The average molecular weight is 248 g/mol. The number of hydrogen-bond donors (Lipinski definition) is 1. The van der Waals surface area contributed by atoms with E-state index in [9.17, 15) is 0 Å². The zero-order valence-corrected chi connectivity index (χ0v) is 11.5. The van der Waals surface area contributed by atoms with Gasteiger partial charge in [0.2, 0.25) is 0 Å². The van der Waals surface area contributed by atoms with Gasteiger partial charge in [0, 0.05) is 20.1 Å². The number of nitrogens with one attached hydrogen (secondary N) is 1. The standard InChI is InChI=1S/C14H24N4/c1-3-9-15-10-13-7-8-14(17-16-13)18(2)11-12-5-4-6-12/h7-8,12,15H,3-6,9-11H2,1-2H3. The third-order valence-corrected chi connectivity index (χ3v) is 3.59. The number of hydrogen-bond acceptors (Lipinski definition) is 4. The Morgan fingerprint density at radius 2 is 2.17 bits per heavy atom. The van der Waals surface area contributed by atoms with Gasteiger partial charge in [-0.1, -0.05) is 13.3 Å². The van der Waals surface area contributed by atoms with E-state index in [2.05, 4.69) is 46.5 Å². The lowest BCUT2D eigenvalue weighted by atomic mass is 9.85. The topological polar surface area (TPSA) is 41.0 Å². The second kappa shape index (κ2) is 6.69. The molecule has 4 nitrogen and oxygen atoms in total. The normalized spacial score (nSPS) is 15.4. The molecule has 2 rings (SSSR count). The quantitative estimate of drug-likeness (QED) is 0.751. The molecular formula is C14H24N4. The molecule has 0 amide bonds. The van der Waals surface area contributed by atoms with Crippen LogP contribution in [0.4, 0.5) is 5.82 Å². The summed E-state index contributed by atoms with van der Waals surface area (Å²) in [6.45, 7) is 5.12. The van der Waals surface area contributed by atoms with Gasteiger partial charge in [0.05, 0.1) is 5.69 Å². The van der Waals surface area contributed by atoms with Crippen molar-refractivity contribution in [3.63, 3.8) is 0 Å². The second-order valence-corrected chi connectivity index (χ2v) is 5.24. The minimum absolute atomic E-state index is 0.813. The zero-order chi connectivity index (χ0) is 12.8. The van der Waals surface area contributed by atoms with E-state index >= 15 is 0 Å². The molecule has 1 aliphatic rings. The molecule has 1 aliphatic carbocycles. The van der Waals surface area contributed by atoms with Crippen LogP contribution in [-0.2, 0) is 6.54 Å². The molecule has 1 aromatic rings. The lowest BCUT2D eigenvalue weighted by Crippen LogP contribution is -2.30. The molecule has 18 heavy (non-hydrogen) atoms. The van der Waals surface area contributed by atoms with E-state index in [1.165, 1.54) is 19.3 Å². The maximum atomic E-state index is 4.30. The van der Waals surface area contributed by atoms with Crippen molar-refractivity contribution in [3.8, 4) is 0 Å². The lowest BCUT2D eigenvalue weighted by molar-refractivity contribution is 0.321. The molecule has 0 atom stereocenters. The SMILES string of the molecule is CCCNCc1ccc(N(C)CC2CCC2)nn1. The highest BCUT2D eigenvalue weighted by molar-refractivity contribution is 5.36. The number of aromatic nitrogens is 2. The van der Waals surface area contributed by atoms with Gasteiger partial charge in [-0.2, -0.15) is 5.10 Å². The van der Waals surface area contributed by atoms with E-state index in [1.807, 2.05) is 0 Å². The van der Waals surface area contributed by atoms with E-state index in [-0.39, 0.29) is 0 Å². The fourth-order valence-corrected chi connectivity index (χ4v) is 2.20. The van der Waals surface area contributed by atoms with Gasteiger partial charge in [-0.05, 0) is 43.9 Å². The Bertz CT molecular complexity index is 345. The maximum absolute atomic E-state index is 4.30. The van der Waals surface area contributed by atoms with E-state index < -0.39 is 0 Å². The summed E-state index contributed by atoms with van der Waals surface area (Å²) in [5.74, 6) is 1.85. The Morgan fingerprint density at radius 1 is 1.33 bits per heavy atom. The van der Waals surface area contributed by atoms with Crippen molar-refractivity contribution in [1.29, 1.82) is 0 Å². The molecule has 1 saturated carbocycles. The van der Waals surface area contributed by atoms with Crippen LogP contribution in [0, 0.1) is 5.92 Å². The Labute approximate surface area is 110 Å². The molecule has 1 aromatic heterocycles. The van der Waals surface area contributed by atoms with Gasteiger partial charge in [0.1, 0.15) is 0 Å². The summed E-state index contributed by atoms with van der Waals surface area (Å²) in [5, 5.41) is 11.9. The molecule has 100 valence electrons. The van der Waals surface area contributed by atoms with Crippen LogP contribution in [0.5, 0.6) is 0 Å². The molecule has 4 heteroatoms. The Morgan fingerprint density at radius 3 is 2.72 bits per heavy atom. The van der Waals surface area contributed by atoms with E-state index in [4.69, 9.17) is 0 Å². The van der Waals surface area contributed by atoms with Crippen LogP contribution in [0.2, 0.25) is 0 Å². The molecular weight excluding hydrogens is 224 g/mol. The van der Waals surface area contributed by atoms with Crippen LogP contribution < -0.4 is 10.2 Å². The van der Waals surface area contributed by atoms with E-state index in [0.717, 1.165) is 43.5 Å². The molecule has 1 heterocycles. The highest BCUT2D eigenvalue weighted by atomic mass is 15.2. The zero-order valence-electron chi connectivity index (χ0n) is 11.5. The molecule has 1 fully saturated rings. The fourth-order valence-electron chi connectivity index (χ4n) is 2.20. The van der Waals surface area contributed by atoms with Gasteiger partial charge in [-0.3, -0.25) is 0 Å². The van der Waals surface area contributed by atoms with Gasteiger partial charge in [-0.25, -0.2) is 0 Å². The molecule has 0 bridgehead atoms. The van der Waals surface area contributed by atoms with Crippen molar-refractivity contribution in [2.75, 3.05) is 25.0 Å². The number of anilines is 1. The summed E-state index contributed by atoms with van der Waals surface area (Å²) in [6.07, 6.45) is 5.29. The maximum Gasteiger partial charge on any atom is 0.150 e. The Hall–Kier alpha value is -1.16. The van der Waals surface area contributed by atoms with Gasteiger partial charge in [0.15, 0.2) is 5.82 Å². The molecule has 0 radical (unpaired) electrons. The molecule has 0 saturated heterocycles. The fraction of sp³-hybridized carbons (Fsp3) is 0.714. The van der Waals surface area contributed by atoms with Crippen LogP contribution in [0.25, 0.3) is 0 Å². The van der Waals surface area contributed by atoms with Crippen molar-refractivity contribution in [3.05, 3.63) is 17.8 Å². The highest BCUT2D eigenvalue weighted by Crippen LogP contribution is 2.27. The summed E-state index contributed by atoms with van der Waals surface area (Å²) in [6, 6.07) is 4.15. The molecule has 0 aromatic carbocycles. The smallest absolute Gasteiger partial charge is 0.150 e. The van der Waals surface area contributed by atoms with Gasteiger partial charge < -0.3 is 10.2 Å². The molecule has 0 unspecified atom stereocenters. The highest BCUT2D eigenvalue weighted by Gasteiger charge is 2.19. The summed E-state index contributed by atoms with van der Waals surface area (Å²) >= 11 is 0. The lowest BCUT2D eigenvalue weighted by Gasteiger charge is -2.30. The first-order valence-electron chi connectivity index (χ1n) is 7.04. The van der Waals surface area contributed by atoms with E-state index in [0.29, 0.717) is 0 Å². The van der Waals surface area contributed by atoms with Gasteiger partial charge >= 0.3 is 0 Å². The van der Waals surface area contributed by atoms with Crippen LogP contribution in [-0.4, -0.2) is 30.3 Å². The monoisotopic (exact) mass is 248 g/mol. The van der Waals surface area contributed by atoms with Crippen molar-refractivity contribution in [2.45, 2.75) is 39.2 Å². The second-order valence-electron chi connectivity index (χ2n) is 5.24. The third kappa shape index (κ3) is 3.67. The first kappa shape index (κ1) is 13.3.